The summed E-state index contributed by atoms with van der Waals surface area (Å²) in [5, 5.41) is 8.58. The Labute approximate surface area is 170 Å². The van der Waals surface area contributed by atoms with E-state index in [-0.39, 0.29) is 0 Å². The number of aryl methyl sites for hydroxylation is 2. The fraction of sp³-hybridized carbons (Fsp3) is 0.304. The Balaban J connectivity index is 1.70. The Hall–Kier alpha value is -3.12. The average molecular weight is 390 g/mol. The molecule has 1 aromatic carbocycles. The van der Waals surface area contributed by atoms with Gasteiger partial charge in [0.1, 0.15) is 11.5 Å². The van der Waals surface area contributed by atoms with Crippen molar-refractivity contribution in [2.24, 2.45) is 0 Å². The maximum absolute atomic E-state index is 6.14. The highest BCUT2D eigenvalue weighted by molar-refractivity contribution is 5.91. The summed E-state index contributed by atoms with van der Waals surface area (Å²) in [7, 11) is 4.06. The van der Waals surface area contributed by atoms with E-state index in [4.69, 9.17) is 13.9 Å². The van der Waals surface area contributed by atoms with Crippen LogP contribution in [0.25, 0.3) is 22.2 Å². The number of anilines is 1. The van der Waals surface area contributed by atoms with Crippen LogP contribution in [-0.2, 0) is 13.0 Å². The van der Waals surface area contributed by atoms with Crippen LogP contribution in [0.2, 0.25) is 0 Å². The second kappa shape index (κ2) is 8.09. The highest BCUT2D eigenvalue weighted by Gasteiger charge is 2.18. The van der Waals surface area contributed by atoms with Gasteiger partial charge in [0, 0.05) is 11.9 Å². The highest BCUT2D eigenvalue weighted by Crippen LogP contribution is 2.33. The van der Waals surface area contributed by atoms with Crippen LogP contribution in [0.3, 0.4) is 0 Å². The van der Waals surface area contributed by atoms with Gasteiger partial charge in [0.2, 0.25) is 0 Å². The Morgan fingerprint density at radius 2 is 1.86 bits per heavy atom. The zero-order valence-electron chi connectivity index (χ0n) is 17.3. The van der Waals surface area contributed by atoms with Crippen LogP contribution in [0.4, 0.5) is 5.82 Å². The maximum atomic E-state index is 6.14. The number of hydrogen-bond donors (Lipinski definition) is 1. The van der Waals surface area contributed by atoms with Crippen LogP contribution in [-0.4, -0.2) is 35.7 Å². The third kappa shape index (κ3) is 4.17. The van der Waals surface area contributed by atoms with Gasteiger partial charge in [-0.3, -0.25) is 0 Å². The predicted molar refractivity (Wildman–Crippen MR) is 115 cm³/mol. The molecule has 150 valence electrons. The zero-order chi connectivity index (χ0) is 20.4. The van der Waals surface area contributed by atoms with Crippen molar-refractivity contribution in [3.63, 3.8) is 0 Å². The molecule has 4 rings (SSSR count). The lowest BCUT2D eigenvalue weighted by molar-refractivity contribution is 0.358. The maximum Gasteiger partial charge on any atom is 0.176 e. The number of fused-ring (bicyclic) bond motifs is 1. The minimum absolute atomic E-state index is 0.735. The zero-order valence-corrected chi connectivity index (χ0v) is 17.3. The van der Waals surface area contributed by atoms with Gasteiger partial charge in [-0.15, -0.1) is 0 Å². The predicted octanol–water partition coefficient (Wildman–Crippen LogP) is 4.82. The van der Waals surface area contributed by atoms with Crippen LogP contribution in [0.1, 0.15) is 22.8 Å². The first-order valence-corrected chi connectivity index (χ1v) is 9.80. The summed E-state index contributed by atoms with van der Waals surface area (Å²) in [5.41, 5.74) is 4.68. The quantitative estimate of drug-likeness (QED) is 0.488. The third-order valence-electron chi connectivity index (χ3n) is 4.86. The Morgan fingerprint density at radius 3 is 2.55 bits per heavy atom. The van der Waals surface area contributed by atoms with Crippen LogP contribution >= 0.6 is 0 Å². The molecule has 0 aliphatic heterocycles. The number of aromatic nitrogens is 2. The van der Waals surface area contributed by atoms with E-state index in [0.29, 0.717) is 0 Å². The Bertz CT molecular complexity index is 1090. The van der Waals surface area contributed by atoms with Crippen LogP contribution in [0.5, 0.6) is 0 Å². The van der Waals surface area contributed by atoms with Crippen molar-refractivity contribution >= 4 is 16.8 Å². The van der Waals surface area contributed by atoms with E-state index < -0.39 is 0 Å². The summed E-state index contributed by atoms with van der Waals surface area (Å²) in [6, 6.07) is 14.5. The van der Waals surface area contributed by atoms with Crippen molar-refractivity contribution < 1.29 is 8.94 Å². The molecule has 3 heterocycles. The van der Waals surface area contributed by atoms with Gasteiger partial charge in [-0.1, -0.05) is 35.5 Å². The van der Waals surface area contributed by atoms with Gasteiger partial charge in [0.15, 0.2) is 11.4 Å². The number of hydrogen-bond acceptors (Lipinski definition) is 6. The Morgan fingerprint density at radius 1 is 1.07 bits per heavy atom. The third-order valence-corrected chi connectivity index (χ3v) is 4.86. The van der Waals surface area contributed by atoms with Gasteiger partial charge in [-0.2, -0.15) is 0 Å². The molecule has 4 aromatic rings. The molecule has 0 bridgehead atoms. The lowest BCUT2D eigenvalue weighted by atomic mass is 10.1. The normalized spacial score (nSPS) is 11.5. The van der Waals surface area contributed by atoms with Crippen molar-refractivity contribution in [3.8, 4) is 11.3 Å². The van der Waals surface area contributed by atoms with Gasteiger partial charge in [-0.05, 0) is 52.1 Å². The fourth-order valence-corrected chi connectivity index (χ4v) is 3.56. The second-order valence-corrected chi connectivity index (χ2v) is 7.59. The Kier molecular flexibility index (Phi) is 5.36. The molecule has 3 aromatic heterocycles. The fourth-order valence-electron chi connectivity index (χ4n) is 3.56. The summed E-state index contributed by atoms with van der Waals surface area (Å²) in [6.45, 7) is 5.35. The molecule has 0 atom stereocenters. The van der Waals surface area contributed by atoms with Crippen LogP contribution in [0.15, 0.2) is 51.4 Å². The van der Waals surface area contributed by atoms with Gasteiger partial charge in [-0.25, -0.2) is 4.98 Å². The smallest absolute Gasteiger partial charge is 0.176 e. The largest absolute Gasteiger partial charge is 0.456 e. The SMILES string of the molecule is Cc1noc(C)c1-c1cc2cc(CN(C)C)oc2c(NCCc2ccccc2)n1. The summed E-state index contributed by atoms with van der Waals surface area (Å²) in [5.74, 6) is 2.42. The molecule has 0 aliphatic rings. The van der Waals surface area contributed by atoms with Gasteiger partial charge >= 0.3 is 0 Å². The standard InChI is InChI=1S/C23H26N4O2/c1-15-21(16(2)29-26-15)20-13-18-12-19(14-27(3)4)28-22(18)23(25-20)24-11-10-17-8-6-5-7-9-17/h5-9,12-13H,10-11,14H2,1-4H3,(H,24,25). The number of benzene rings is 1. The van der Waals surface area contributed by atoms with E-state index in [0.717, 1.165) is 64.8 Å². The van der Waals surface area contributed by atoms with E-state index in [1.807, 2.05) is 40.1 Å². The van der Waals surface area contributed by atoms with Crippen molar-refractivity contribution in [3.05, 3.63) is 65.2 Å². The summed E-state index contributed by atoms with van der Waals surface area (Å²) >= 11 is 0. The van der Waals surface area contributed by atoms with Crippen LogP contribution < -0.4 is 5.32 Å². The van der Waals surface area contributed by atoms with E-state index in [1.54, 1.807) is 0 Å². The number of nitrogens with zero attached hydrogens (tertiary/aromatic N) is 3. The topological polar surface area (TPSA) is 67.3 Å². The molecular weight excluding hydrogens is 364 g/mol. The number of furan rings is 1. The number of nitrogens with one attached hydrogen (secondary N) is 1. The summed E-state index contributed by atoms with van der Waals surface area (Å²) < 4.78 is 11.5. The molecule has 0 amide bonds. The van der Waals surface area contributed by atoms with Crippen molar-refractivity contribution in [2.45, 2.75) is 26.8 Å². The number of pyridine rings is 1. The first-order chi connectivity index (χ1) is 14.0. The van der Waals surface area contributed by atoms with Crippen molar-refractivity contribution in [2.75, 3.05) is 26.0 Å². The summed E-state index contributed by atoms with van der Waals surface area (Å²) in [4.78, 5) is 6.96. The second-order valence-electron chi connectivity index (χ2n) is 7.59. The molecule has 0 unspecified atom stereocenters. The van der Waals surface area contributed by atoms with Gasteiger partial charge in [0.05, 0.1) is 23.5 Å². The monoisotopic (exact) mass is 390 g/mol. The van der Waals surface area contributed by atoms with E-state index >= 15 is 0 Å². The van der Waals surface area contributed by atoms with Crippen molar-refractivity contribution in [1.82, 2.24) is 15.0 Å². The average Bonchev–Trinajstić information content (AvgIpc) is 3.24. The molecule has 0 saturated heterocycles. The minimum atomic E-state index is 0.735. The summed E-state index contributed by atoms with van der Waals surface area (Å²) in [6.07, 6.45) is 0.908. The van der Waals surface area contributed by atoms with Gasteiger partial charge < -0.3 is 19.2 Å². The first kappa shape index (κ1) is 19.2. The lowest BCUT2D eigenvalue weighted by Crippen LogP contribution is -2.09. The lowest BCUT2D eigenvalue weighted by Gasteiger charge is -2.09. The molecule has 29 heavy (non-hydrogen) atoms. The van der Waals surface area contributed by atoms with E-state index in [2.05, 4.69) is 45.7 Å². The molecular formula is C23H26N4O2. The molecule has 6 nitrogen and oxygen atoms in total. The molecule has 1 N–H and O–H groups in total. The molecule has 0 spiro atoms. The van der Waals surface area contributed by atoms with Crippen molar-refractivity contribution in [1.29, 1.82) is 0 Å². The van der Waals surface area contributed by atoms with Gasteiger partial charge in [0.25, 0.3) is 0 Å². The van der Waals surface area contributed by atoms with E-state index in [1.165, 1.54) is 5.56 Å². The molecule has 6 heteroatoms. The highest BCUT2D eigenvalue weighted by atomic mass is 16.5. The number of rotatable bonds is 7. The molecule has 0 fully saturated rings. The van der Waals surface area contributed by atoms with Crippen LogP contribution in [0, 0.1) is 13.8 Å². The molecule has 0 aliphatic carbocycles. The first-order valence-electron chi connectivity index (χ1n) is 9.80. The molecule has 0 saturated carbocycles. The van der Waals surface area contributed by atoms with E-state index in [9.17, 15) is 0 Å². The minimum Gasteiger partial charge on any atom is -0.456 e. The molecule has 0 radical (unpaired) electrons.